The molecule has 0 aliphatic heterocycles. The van der Waals surface area contributed by atoms with Crippen LogP contribution >= 0.6 is 11.6 Å². The first-order valence-corrected chi connectivity index (χ1v) is 7.29. The minimum atomic E-state index is -4.42. The molecule has 0 saturated heterocycles. The van der Waals surface area contributed by atoms with Crippen molar-refractivity contribution >= 4 is 23.2 Å². The zero-order valence-corrected chi connectivity index (χ0v) is 12.9. The number of carbonyl (C=O) groups is 1. The molecule has 0 radical (unpaired) electrons. The fourth-order valence-electron chi connectivity index (χ4n) is 2.17. The molecule has 3 aromatic rings. The lowest BCUT2D eigenvalue weighted by molar-refractivity contribution is -0.137. The molecule has 2 aromatic heterocycles. The van der Waals surface area contributed by atoms with Crippen LogP contribution in [0.2, 0.25) is 5.02 Å². The van der Waals surface area contributed by atoms with Gasteiger partial charge in [0.05, 0.1) is 17.8 Å². The predicted molar refractivity (Wildman–Crippen MR) is 82.8 cm³/mol. The molecule has 0 aliphatic carbocycles. The fraction of sp³-hybridized carbons (Fsp3) is 0.125. The quantitative estimate of drug-likeness (QED) is 0.775. The van der Waals surface area contributed by atoms with Crippen molar-refractivity contribution in [3.05, 3.63) is 70.6 Å². The molecule has 0 spiro atoms. The number of aromatic nitrogens is 2. The molecule has 0 atom stereocenters. The third-order valence-corrected chi connectivity index (χ3v) is 3.62. The molecule has 0 bridgehead atoms. The van der Waals surface area contributed by atoms with E-state index in [4.69, 9.17) is 11.6 Å². The van der Waals surface area contributed by atoms with Crippen LogP contribution in [0, 0.1) is 0 Å². The Morgan fingerprint density at radius 1 is 1.12 bits per heavy atom. The average Bonchev–Trinajstić information content (AvgIpc) is 2.94. The normalized spacial score (nSPS) is 11.7. The highest BCUT2D eigenvalue weighted by atomic mass is 35.5. The van der Waals surface area contributed by atoms with E-state index in [2.05, 4.69) is 10.3 Å². The average molecular weight is 354 g/mol. The van der Waals surface area contributed by atoms with Crippen LogP contribution in [-0.4, -0.2) is 15.3 Å². The topological polar surface area (TPSA) is 46.4 Å². The Hall–Kier alpha value is -2.54. The second kappa shape index (κ2) is 6.16. The largest absolute Gasteiger partial charge is 0.417 e. The Morgan fingerprint density at radius 3 is 2.50 bits per heavy atom. The van der Waals surface area contributed by atoms with Gasteiger partial charge in [-0.3, -0.25) is 4.79 Å². The van der Waals surface area contributed by atoms with E-state index in [-0.39, 0.29) is 12.5 Å². The highest BCUT2D eigenvalue weighted by molar-refractivity contribution is 6.30. The summed E-state index contributed by atoms with van der Waals surface area (Å²) >= 11 is 5.75. The van der Waals surface area contributed by atoms with Crippen LogP contribution in [0.4, 0.5) is 13.2 Å². The van der Waals surface area contributed by atoms with Gasteiger partial charge in [0.1, 0.15) is 5.65 Å². The minimum absolute atomic E-state index is 0.102. The van der Waals surface area contributed by atoms with Gasteiger partial charge in [0.2, 0.25) is 0 Å². The molecule has 0 saturated carbocycles. The molecule has 1 amide bonds. The van der Waals surface area contributed by atoms with Crippen LogP contribution < -0.4 is 5.32 Å². The molecule has 1 aromatic carbocycles. The molecule has 0 fully saturated rings. The molecule has 8 heteroatoms. The minimum Gasteiger partial charge on any atom is -0.346 e. The molecular weight excluding hydrogens is 343 g/mol. The van der Waals surface area contributed by atoms with Crippen LogP contribution in [0.3, 0.4) is 0 Å². The van der Waals surface area contributed by atoms with E-state index in [0.29, 0.717) is 21.9 Å². The molecule has 4 nitrogen and oxygen atoms in total. The lowest BCUT2D eigenvalue weighted by atomic mass is 10.2. The highest BCUT2D eigenvalue weighted by Crippen LogP contribution is 2.29. The Balaban J connectivity index is 1.73. The molecule has 124 valence electrons. The van der Waals surface area contributed by atoms with Gasteiger partial charge in [-0.25, -0.2) is 4.98 Å². The summed E-state index contributed by atoms with van der Waals surface area (Å²) in [6.07, 6.45) is -2.00. The lowest BCUT2D eigenvalue weighted by Crippen LogP contribution is -2.22. The number of alkyl halides is 3. The maximum atomic E-state index is 12.7. The van der Waals surface area contributed by atoms with E-state index in [9.17, 15) is 18.0 Å². The highest BCUT2D eigenvalue weighted by Gasteiger charge is 2.30. The number of hydrogen-bond acceptors (Lipinski definition) is 2. The SMILES string of the molecule is O=C(NCc1cn2cc(C(F)(F)F)ccc2n1)c1ccc(Cl)cc1. The van der Waals surface area contributed by atoms with Gasteiger partial charge in [-0.05, 0) is 36.4 Å². The Bertz CT molecular complexity index is 888. The molecular formula is C16H11ClF3N3O. The zero-order chi connectivity index (χ0) is 17.3. The van der Waals surface area contributed by atoms with E-state index in [0.717, 1.165) is 12.3 Å². The Kier molecular flexibility index (Phi) is 4.19. The number of nitrogens with one attached hydrogen (secondary N) is 1. The monoisotopic (exact) mass is 353 g/mol. The summed E-state index contributed by atoms with van der Waals surface area (Å²) in [4.78, 5) is 16.2. The standard InChI is InChI=1S/C16H11ClF3N3O/c17-12-4-1-10(2-5-12)15(24)21-7-13-9-23-8-11(16(18,19)20)3-6-14(23)22-13/h1-6,8-9H,7H2,(H,21,24). The number of benzene rings is 1. The van der Waals surface area contributed by atoms with E-state index in [1.165, 1.54) is 16.7 Å². The molecule has 0 aliphatic rings. The van der Waals surface area contributed by atoms with Crippen LogP contribution in [0.5, 0.6) is 0 Å². The van der Waals surface area contributed by atoms with Crippen molar-refractivity contribution in [2.75, 3.05) is 0 Å². The van der Waals surface area contributed by atoms with Gasteiger partial charge in [0, 0.05) is 23.0 Å². The number of hydrogen-bond donors (Lipinski definition) is 1. The second-order valence-electron chi connectivity index (χ2n) is 5.10. The molecule has 0 unspecified atom stereocenters. The smallest absolute Gasteiger partial charge is 0.346 e. The van der Waals surface area contributed by atoms with Crippen molar-refractivity contribution in [3.8, 4) is 0 Å². The first kappa shape index (κ1) is 16.3. The number of carbonyl (C=O) groups excluding carboxylic acids is 1. The van der Waals surface area contributed by atoms with E-state index in [1.54, 1.807) is 24.3 Å². The van der Waals surface area contributed by atoms with Gasteiger partial charge >= 0.3 is 6.18 Å². The van der Waals surface area contributed by atoms with Crippen molar-refractivity contribution in [1.29, 1.82) is 0 Å². The van der Waals surface area contributed by atoms with Crippen molar-refractivity contribution in [3.63, 3.8) is 0 Å². The van der Waals surface area contributed by atoms with Gasteiger partial charge in [-0.1, -0.05) is 11.6 Å². The van der Waals surface area contributed by atoms with E-state index < -0.39 is 11.7 Å². The number of halogens is 4. The van der Waals surface area contributed by atoms with Crippen molar-refractivity contribution in [2.24, 2.45) is 0 Å². The first-order valence-electron chi connectivity index (χ1n) is 6.91. The maximum Gasteiger partial charge on any atom is 0.417 e. The predicted octanol–water partition coefficient (Wildman–Crippen LogP) is 3.94. The van der Waals surface area contributed by atoms with Gasteiger partial charge in [0.25, 0.3) is 5.91 Å². The second-order valence-corrected chi connectivity index (χ2v) is 5.54. The Labute approximate surface area is 139 Å². The fourth-order valence-corrected chi connectivity index (χ4v) is 2.30. The summed E-state index contributed by atoms with van der Waals surface area (Å²) in [5.74, 6) is -0.320. The summed E-state index contributed by atoms with van der Waals surface area (Å²) < 4.78 is 39.4. The Morgan fingerprint density at radius 2 is 1.83 bits per heavy atom. The zero-order valence-electron chi connectivity index (χ0n) is 12.1. The maximum absolute atomic E-state index is 12.7. The molecule has 3 rings (SSSR count). The molecule has 2 heterocycles. The number of nitrogens with zero attached hydrogens (tertiary/aromatic N) is 2. The number of fused-ring (bicyclic) bond motifs is 1. The van der Waals surface area contributed by atoms with Crippen molar-refractivity contribution < 1.29 is 18.0 Å². The summed E-state index contributed by atoms with van der Waals surface area (Å²) in [5, 5.41) is 3.18. The number of rotatable bonds is 3. The van der Waals surface area contributed by atoms with Crippen LogP contribution in [0.25, 0.3) is 5.65 Å². The summed E-state index contributed by atoms with van der Waals surface area (Å²) in [5.41, 5.74) is 0.502. The first-order chi connectivity index (χ1) is 11.3. The van der Waals surface area contributed by atoms with Gasteiger partial charge < -0.3 is 9.72 Å². The van der Waals surface area contributed by atoms with Gasteiger partial charge in [0.15, 0.2) is 0 Å². The van der Waals surface area contributed by atoms with E-state index in [1.807, 2.05) is 0 Å². The number of imidazole rings is 1. The van der Waals surface area contributed by atoms with Crippen molar-refractivity contribution in [1.82, 2.24) is 14.7 Å². The third-order valence-electron chi connectivity index (χ3n) is 3.36. The molecule has 24 heavy (non-hydrogen) atoms. The number of pyridine rings is 1. The summed E-state index contributed by atoms with van der Waals surface area (Å²) in [6, 6.07) is 8.61. The van der Waals surface area contributed by atoms with Crippen LogP contribution in [-0.2, 0) is 12.7 Å². The van der Waals surface area contributed by atoms with Gasteiger partial charge in [-0.2, -0.15) is 13.2 Å². The van der Waals surface area contributed by atoms with Crippen LogP contribution in [0.1, 0.15) is 21.6 Å². The summed E-state index contributed by atoms with van der Waals surface area (Å²) in [7, 11) is 0. The van der Waals surface area contributed by atoms with Crippen molar-refractivity contribution in [2.45, 2.75) is 12.7 Å². The van der Waals surface area contributed by atoms with Crippen LogP contribution in [0.15, 0.2) is 48.8 Å². The van der Waals surface area contributed by atoms with E-state index >= 15 is 0 Å². The lowest BCUT2D eigenvalue weighted by Gasteiger charge is -2.05. The number of amides is 1. The third kappa shape index (κ3) is 3.51. The molecule has 1 N–H and O–H groups in total. The summed E-state index contributed by atoms with van der Waals surface area (Å²) in [6.45, 7) is 0.102. The van der Waals surface area contributed by atoms with Gasteiger partial charge in [-0.15, -0.1) is 0 Å².